The lowest BCUT2D eigenvalue weighted by molar-refractivity contribution is 0.101. The molecule has 0 aliphatic carbocycles. The van der Waals surface area contributed by atoms with Crippen molar-refractivity contribution in [2.75, 3.05) is 76.6 Å². The van der Waals surface area contributed by atoms with E-state index in [-0.39, 0.29) is 16.8 Å². The number of nitrogen functional groups attached to an aromatic ring is 2. The highest BCUT2D eigenvalue weighted by atomic mass is 19.1. The first-order chi connectivity index (χ1) is 19.5. The molecule has 10 nitrogen and oxygen atoms in total. The Morgan fingerprint density at radius 1 is 0.732 bits per heavy atom. The van der Waals surface area contributed by atoms with Gasteiger partial charge in [0, 0.05) is 30.8 Å². The zero-order chi connectivity index (χ0) is 29.9. The van der Waals surface area contributed by atoms with E-state index in [9.17, 15) is 14.0 Å². The van der Waals surface area contributed by atoms with Crippen molar-refractivity contribution in [3.05, 3.63) is 71.5 Å². The van der Waals surface area contributed by atoms with Gasteiger partial charge in [-0.15, -0.1) is 0 Å². The summed E-state index contributed by atoms with van der Waals surface area (Å²) in [6.07, 6.45) is 1.71. The molecule has 6 N–H and O–H groups in total. The predicted octanol–water partition coefficient (Wildman–Crippen LogP) is 4.16. The molecule has 0 spiro atoms. The highest BCUT2D eigenvalue weighted by Crippen LogP contribution is 2.27. The van der Waals surface area contributed by atoms with E-state index >= 15 is 0 Å². The Kier molecular flexibility index (Phi) is 11.3. The molecule has 2 amide bonds. The first-order valence-electron chi connectivity index (χ1n) is 13.3. The van der Waals surface area contributed by atoms with Gasteiger partial charge in [-0.2, -0.15) is 0 Å². The monoisotopic (exact) mass is 566 g/mol. The standard InChI is InChI=1S/C30H39FN6O4/c1-36(2)13-5-15-40-21-8-11-27(25(32)18-21)34-29(38)20-7-10-23(24(31)17-20)30(39)35-28-12-9-22(19-26(28)33)41-16-6-14-37(3)4/h7-12,17-19H,5-6,13-16,32-33H2,1-4H3,(H,34,38)(H,35,39). The molecule has 0 radical (unpaired) electrons. The second-order valence-corrected chi connectivity index (χ2v) is 10.1. The zero-order valence-electron chi connectivity index (χ0n) is 24.0. The maximum absolute atomic E-state index is 14.9. The summed E-state index contributed by atoms with van der Waals surface area (Å²) in [6, 6.07) is 13.4. The molecule has 41 heavy (non-hydrogen) atoms. The maximum atomic E-state index is 14.9. The molecule has 0 bridgehead atoms. The summed E-state index contributed by atoms with van der Waals surface area (Å²) in [5.74, 6) is -0.977. The van der Waals surface area contributed by atoms with E-state index in [1.165, 1.54) is 12.1 Å². The second kappa shape index (κ2) is 14.9. The highest BCUT2D eigenvalue weighted by molar-refractivity contribution is 6.08. The van der Waals surface area contributed by atoms with Gasteiger partial charge in [-0.05, 0) is 83.5 Å². The van der Waals surface area contributed by atoms with Crippen LogP contribution in [-0.4, -0.2) is 76.1 Å². The molecule has 220 valence electrons. The minimum absolute atomic E-state index is 0.0257. The number of halogens is 1. The molecule has 0 aromatic heterocycles. The van der Waals surface area contributed by atoms with Gasteiger partial charge in [0.1, 0.15) is 17.3 Å². The molecule has 11 heteroatoms. The van der Waals surface area contributed by atoms with Crippen LogP contribution in [0.2, 0.25) is 0 Å². The number of benzene rings is 3. The van der Waals surface area contributed by atoms with Crippen molar-refractivity contribution in [1.29, 1.82) is 0 Å². The van der Waals surface area contributed by atoms with Crippen LogP contribution in [0.5, 0.6) is 11.5 Å². The fourth-order valence-corrected chi connectivity index (χ4v) is 3.86. The third-order valence-electron chi connectivity index (χ3n) is 6.06. The van der Waals surface area contributed by atoms with Crippen LogP contribution in [0.25, 0.3) is 0 Å². The van der Waals surface area contributed by atoms with E-state index in [2.05, 4.69) is 20.4 Å². The van der Waals surface area contributed by atoms with Crippen LogP contribution in [-0.2, 0) is 0 Å². The van der Waals surface area contributed by atoms with Crippen LogP contribution in [0.1, 0.15) is 33.6 Å². The lowest BCUT2D eigenvalue weighted by atomic mass is 10.1. The van der Waals surface area contributed by atoms with Gasteiger partial charge in [-0.3, -0.25) is 9.59 Å². The quantitative estimate of drug-likeness (QED) is 0.169. The maximum Gasteiger partial charge on any atom is 0.258 e. The van der Waals surface area contributed by atoms with E-state index in [1.54, 1.807) is 36.4 Å². The van der Waals surface area contributed by atoms with Crippen LogP contribution >= 0.6 is 0 Å². The van der Waals surface area contributed by atoms with Gasteiger partial charge < -0.3 is 41.4 Å². The number of anilines is 4. The number of hydrogen-bond donors (Lipinski definition) is 4. The van der Waals surface area contributed by atoms with Gasteiger partial charge in [-0.25, -0.2) is 4.39 Å². The Balaban J connectivity index is 1.58. The van der Waals surface area contributed by atoms with Crippen LogP contribution in [0.4, 0.5) is 27.1 Å². The number of nitrogens with two attached hydrogens (primary N) is 2. The molecular weight excluding hydrogens is 527 g/mol. The summed E-state index contributed by atoms with van der Waals surface area (Å²) >= 11 is 0. The molecular formula is C30H39FN6O4. The number of carbonyl (C=O) groups excluding carboxylic acids is 2. The molecule has 0 aliphatic rings. The first-order valence-corrected chi connectivity index (χ1v) is 13.3. The van der Waals surface area contributed by atoms with E-state index < -0.39 is 17.6 Å². The number of rotatable bonds is 14. The summed E-state index contributed by atoms with van der Waals surface area (Å²) in [5, 5.41) is 5.27. The van der Waals surface area contributed by atoms with Crippen LogP contribution in [0.15, 0.2) is 54.6 Å². The summed E-state index contributed by atoms with van der Waals surface area (Å²) in [4.78, 5) is 29.6. The van der Waals surface area contributed by atoms with Crippen LogP contribution in [0, 0.1) is 5.82 Å². The van der Waals surface area contributed by atoms with E-state index in [4.69, 9.17) is 20.9 Å². The highest BCUT2D eigenvalue weighted by Gasteiger charge is 2.17. The normalized spacial score (nSPS) is 11.0. The predicted molar refractivity (Wildman–Crippen MR) is 161 cm³/mol. The molecule has 0 saturated carbocycles. The fourth-order valence-electron chi connectivity index (χ4n) is 3.86. The van der Waals surface area contributed by atoms with Crippen molar-refractivity contribution in [1.82, 2.24) is 9.80 Å². The number of carbonyl (C=O) groups is 2. The number of nitrogens with zero attached hydrogens (tertiary/aromatic N) is 2. The van der Waals surface area contributed by atoms with E-state index in [0.29, 0.717) is 41.8 Å². The summed E-state index contributed by atoms with van der Waals surface area (Å²) < 4.78 is 26.3. The third kappa shape index (κ3) is 9.66. The molecule has 0 fully saturated rings. The second-order valence-electron chi connectivity index (χ2n) is 10.1. The summed E-state index contributed by atoms with van der Waals surface area (Å²) in [7, 11) is 7.96. The smallest absolute Gasteiger partial charge is 0.258 e. The van der Waals surface area contributed by atoms with Crippen molar-refractivity contribution in [2.24, 2.45) is 0 Å². The van der Waals surface area contributed by atoms with Gasteiger partial charge in [0.2, 0.25) is 0 Å². The van der Waals surface area contributed by atoms with E-state index in [1.807, 2.05) is 28.2 Å². The Hall–Kier alpha value is -4.35. The molecule has 3 aromatic rings. The van der Waals surface area contributed by atoms with E-state index in [0.717, 1.165) is 32.0 Å². The number of hydrogen-bond acceptors (Lipinski definition) is 8. The number of amides is 2. The lowest BCUT2D eigenvalue weighted by Gasteiger charge is -2.13. The Bertz CT molecular complexity index is 1350. The Morgan fingerprint density at radius 2 is 1.22 bits per heavy atom. The topological polar surface area (TPSA) is 135 Å². The molecule has 0 atom stereocenters. The van der Waals surface area contributed by atoms with Crippen molar-refractivity contribution >= 4 is 34.6 Å². The zero-order valence-corrected chi connectivity index (χ0v) is 24.0. The number of ether oxygens (including phenoxy) is 2. The fraction of sp³-hybridized carbons (Fsp3) is 0.333. The van der Waals surface area contributed by atoms with Gasteiger partial charge in [0.15, 0.2) is 0 Å². The van der Waals surface area contributed by atoms with Gasteiger partial charge in [0.05, 0.1) is 41.5 Å². The molecule has 0 unspecified atom stereocenters. The Morgan fingerprint density at radius 3 is 1.66 bits per heavy atom. The van der Waals surface area contributed by atoms with Crippen LogP contribution < -0.4 is 31.6 Å². The first kappa shape index (κ1) is 31.2. The average molecular weight is 567 g/mol. The van der Waals surface area contributed by atoms with Gasteiger partial charge in [0.25, 0.3) is 11.8 Å². The summed E-state index contributed by atoms with van der Waals surface area (Å²) in [5.41, 5.74) is 13.2. The third-order valence-corrected chi connectivity index (χ3v) is 6.06. The SMILES string of the molecule is CN(C)CCCOc1ccc(NC(=O)c2ccc(C(=O)Nc3ccc(OCCCN(C)C)cc3N)c(F)c2)c(N)c1. The molecule has 3 aromatic carbocycles. The summed E-state index contributed by atoms with van der Waals surface area (Å²) in [6.45, 7) is 2.85. The molecule has 3 rings (SSSR count). The Labute approximate surface area is 240 Å². The van der Waals surface area contributed by atoms with Gasteiger partial charge in [-0.1, -0.05) is 0 Å². The average Bonchev–Trinajstić information content (AvgIpc) is 2.91. The largest absolute Gasteiger partial charge is 0.493 e. The molecule has 0 heterocycles. The minimum atomic E-state index is -0.857. The lowest BCUT2D eigenvalue weighted by Crippen LogP contribution is -2.17. The van der Waals surface area contributed by atoms with Crippen molar-refractivity contribution < 1.29 is 23.5 Å². The van der Waals surface area contributed by atoms with Crippen molar-refractivity contribution in [2.45, 2.75) is 12.8 Å². The van der Waals surface area contributed by atoms with Gasteiger partial charge >= 0.3 is 0 Å². The van der Waals surface area contributed by atoms with Crippen molar-refractivity contribution in [3.8, 4) is 11.5 Å². The minimum Gasteiger partial charge on any atom is -0.493 e. The molecule has 0 saturated heterocycles. The van der Waals surface area contributed by atoms with Crippen molar-refractivity contribution in [3.63, 3.8) is 0 Å². The molecule has 0 aliphatic heterocycles. The number of nitrogens with one attached hydrogen (secondary N) is 2. The van der Waals surface area contributed by atoms with Crippen LogP contribution in [0.3, 0.4) is 0 Å².